The highest BCUT2D eigenvalue weighted by Gasteiger charge is 2.04. The van der Waals surface area contributed by atoms with Gasteiger partial charge in [0.05, 0.1) is 5.75 Å². The Morgan fingerprint density at radius 3 is 2.76 bits per heavy atom. The molecule has 0 radical (unpaired) electrons. The van der Waals surface area contributed by atoms with E-state index in [0.717, 1.165) is 21.5 Å². The summed E-state index contributed by atoms with van der Waals surface area (Å²) < 4.78 is 1.06. The molecule has 0 saturated heterocycles. The molecule has 1 aromatic rings. The summed E-state index contributed by atoms with van der Waals surface area (Å²) in [4.78, 5) is 11.6. The lowest BCUT2D eigenvalue weighted by Gasteiger charge is -2.08. The minimum absolute atomic E-state index is 0.0670. The second-order valence-electron chi connectivity index (χ2n) is 4.42. The molecule has 0 aliphatic rings. The van der Waals surface area contributed by atoms with Crippen molar-refractivity contribution >= 4 is 39.3 Å². The lowest BCUT2D eigenvalue weighted by Crippen LogP contribution is -2.14. The molecule has 0 spiro atoms. The van der Waals surface area contributed by atoms with E-state index in [0.29, 0.717) is 11.7 Å². The summed E-state index contributed by atoms with van der Waals surface area (Å²) in [6.45, 7) is 6.32. The number of thioether (sulfide) groups is 1. The normalized spacial score (nSPS) is 10.6. The van der Waals surface area contributed by atoms with Crippen molar-refractivity contribution < 1.29 is 4.79 Å². The van der Waals surface area contributed by atoms with E-state index in [9.17, 15) is 4.79 Å². The fourth-order valence-electron chi connectivity index (χ4n) is 1.31. The summed E-state index contributed by atoms with van der Waals surface area (Å²) in [6.07, 6.45) is 0. The molecule has 1 N–H and O–H groups in total. The number of rotatable bonds is 5. The van der Waals surface area contributed by atoms with Gasteiger partial charge in [0.2, 0.25) is 5.91 Å². The second kappa shape index (κ2) is 7.07. The summed E-state index contributed by atoms with van der Waals surface area (Å²) in [6, 6.07) is 5.82. The van der Waals surface area contributed by atoms with Crippen LogP contribution in [0.4, 0.5) is 5.69 Å². The van der Waals surface area contributed by atoms with E-state index in [-0.39, 0.29) is 5.91 Å². The summed E-state index contributed by atoms with van der Waals surface area (Å²) in [5.74, 6) is 2.24. The van der Waals surface area contributed by atoms with Crippen molar-refractivity contribution in [1.82, 2.24) is 0 Å². The molecule has 0 saturated carbocycles. The van der Waals surface area contributed by atoms with Gasteiger partial charge in [-0.3, -0.25) is 4.79 Å². The highest BCUT2D eigenvalue weighted by atomic mass is 79.9. The van der Waals surface area contributed by atoms with Crippen LogP contribution in [0.2, 0.25) is 0 Å². The van der Waals surface area contributed by atoms with Crippen LogP contribution in [0.5, 0.6) is 0 Å². The molecular formula is C13H18BrNOS. The lowest BCUT2D eigenvalue weighted by molar-refractivity contribution is -0.113. The minimum Gasteiger partial charge on any atom is -0.325 e. The molecule has 1 rings (SSSR count). The van der Waals surface area contributed by atoms with Gasteiger partial charge in [0.25, 0.3) is 0 Å². The third-order valence-corrected chi connectivity index (χ3v) is 4.38. The molecule has 0 unspecified atom stereocenters. The Morgan fingerprint density at radius 2 is 2.18 bits per heavy atom. The molecular weight excluding hydrogens is 298 g/mol. The molecule has 0 heterocycles. The van der Waals surface area contributed by atoms with Crippen LogP contribution >= 0.6 is 27.7 Å². The number of amides is 1. The van der Waals surface area contributed by atoms with Crippen molar-refractivity contribution in [3.05, 3.63) is 28.2 Å². The number of aryl methyl sites for hydroxylation is 1. The van der Waals surface area contributed by atoms with Crippen LogP contribution in [0.3, 0.4) is 0 Å². The van der Waals surface area contributed by atoms with E-state index in [1.165, 1.54) is 0 Å². The van der Waals surface area contributed by atoms with Gasteiger partial charge < -0.3 is 5.32 Å². The van der Waals surface area contributed by atoms with Crippen LogP contribution < -0.4 is 5.32 Å². The number of nitrogens with one attached hydrogen (secondary N) is 1. The van der Waals surface area contributed by atoms with Gasteiger partial charge in [-0.05, 0) is 42.4 Å². The molecule has 17 heavy (non-hydrogen) atoms. The van der Waals surface area contributed by atoms with E-state index < -0.39 is 0 Å². The first-order chi connectivity index (χ1) is 7.99. The maximum Gasteiger partial charge on any atom is 0.234 e. The Balaban J connectivity index is 2.42. The summed E-state index contributed by atoms with van der Waals surface area (Å²) >= 11 is 5.11. The lowest BCUT2D eigenvalue weighted by atomic mass is 10.2. The van der Waals surface area contributed by atoms with Crippen molar-refractivity contribution in [2.75, 3.05) is 16.8 Å². The van der Waals surface area contributed by atoms with Gasteiger partial charge in [-0.1, -0.05) is 29.8 Å². The minimum atomic E-state index is 0.0670. The smallest absolute Gasteiger partial charge is 0.234 e. The summed E-state index contributed by atoms with van der Waals surface area (Å²) in [7, 11) is 0. The van der Waals surface area contributed by atoms with Gasteiger partial charge in [0, 0.05) is 10.2 Å². The summed E-state index contributed by atoms with van der Waals surface area (Å²) in [5.41, 5.74) is 1.98. The number of carbonyl (C=O) groups excluding carboxylic acids is 1. The number of hydrogen-bond donors (Lipinski definition) is 1. The highest BCUT2D eigenvalue weighted by molar-refractivity contribution is 9.10. The van der Waals surface area contributed by atoms with Crippen molar-refractivity contribution in [3.8, 4) is 0 Å². The third-order valence-electron chi connectivity index (χ3n) is 2.13. The Hall–Kier alpha value is -0.480. The molecule has 0 aliphatic carbocycles. The van der Waals surface area contributed by atoms with Gasteiger partial charge in [-0.15, -0.1) is 0 Å². The SMILES string of the molecule is Cc1cc(NC(=O)CSCC(C)C)ccc1Br. The first kappa shape index (κ1) is 14.6. The van der Waals surface area contributed by atoms with Gasteiger partial charge >= 0.3 is 0 Å². The van der Waals surface area contributed by atoms with E-state index in [1.807, 2.05) is 25.1 Å². The molecule has 1 amide bonds. The molecule has 0 bridgehead atoms. The standard InChI is InChI=1S/C13H18BrNOS/c1-9(2)7-17-8-13(16)15-11-4-5-12(14)10(3)6-11/h4-6,9H,7-8H2,1-3H3,(H,15,16). The fraction of sp³-hybridized carbons (Fsp3) is 0.462. The predicted octanol–water partition coefficient (Wildman–Crippen LogP) is 4.09. The van der Waals surface area contributed by atoms with Gasteiger partial charge in [-0.2, -0.15) is 11.8 Å². The van der Waals surface area contributed by atoms with Crippen LogP contribution in [0.1, 0.15) is 19.4 Å². The van der Waals surface area contributed by atoms with Crippen molar-refractivity contribution in [2.24, 2.45) is 5.92 Å². The van der Waals surface area contributed by atoms with E-state index in [4.69, 9.17) is 0 Å². The maximum absolute atomic E-state index is 11.6. The monoisotopic (exact) mass is 315 g/mol. The largest absolute Gasteiger partial charge is 0.325 e. The second-order valence-corrected chi connectivity index (χ2v) is 6.31. The Bertz CT molecular complexity index is 393. The Labute approximate surface area is 116 Å². The molecule has 2 nitrogen and oxygen atoms in total. The third kappa shape index (κ3) is 5.59. The van der Waals surface area contributed by atoms with Crippen molar-refractivity contribution in [3.63, 3.8) is 0 Å². The quantitative estimate of drug-likeness (QED) is 0.886. The Morgan fingerprint density at radius 1 is 1.47 bits per heavy atom. The van der Waals surface area contributed by atoms with E-state index in [2.05, 4.69) is 35.1 Å². The highest BCUT2D eigenvalue weighted by Crippen LogP contribution is 2.20. The Kier molecular flexibility index (Phi) is 6.06. The average Bonchev–Trinajstić information content (AvgIpc) is 2.23. The zero-order chi connectivity index (χ0) is 12.8. The van der Waals surface area contributed by atoms with Crippen LogP contribution in [0, 0.1) is 12.8 Å². The topological polar surface area (TPSA) is 29.1 Å². The number of anilines is 1. The maximum atomic E-state index is 11.6. The summed E-state index contributed by atoms with van der Waals surface area (Å²) in [5, 5.41) is 2.90. The van der Waals surface area contributed by atoms with Crippen LogP contribution in [0.15, 0.2) is 22.7 Å². The van der Waals surface area contributed by atoms with Crippen molar-refractivity contribution in [1.29, 1.82) is 0 Å². The molecule has 4 heteroatoms. The number of hydrogen-bond acceptors (Lipinski definition) is 2. The molecule has 0 aliphatic heterocycles. The number of halogens is 1. The van der Waals surface area contributed by atoms with Gasteiger partial charge in [0.1, 0.15) is 0 Å². The molecule has 94 valence electrons. The van der Waals surface area contributed by atoms with Gasteiger partial charge in [0.15, 0.2) is 0 Å². The van der Waals surface area contributed by atoms with E-state index >= 15 is 0 Å². The first-order valence-corrected chi connectivity index (χ1v) is 7.57. The zero-order valence-corrected chi connectivity index (χ0v) is 12.8. The molecule has 1 aromatic carbocycles. The van der Waals surface area contributed by atoms with E-state index in [1.54, 1.807) is 11.8 Å². The van der Waals surface area contributed by atoms with Crippen molar-refractivity contribution in [2.45, 2.75) is 20.8 Å². The molecule has 0 atom stereocenters. The van der Waals surface area contributed by atoms with Crippen LogP contribution in [-0.2, 0) is 4.79 Å². The fourth-order valence-corrected chi connectivity index (χ4v) is 2.40. The molecule has 0 fully saturated rings. The molecule has 0 aromatic heterocycles. The van der Waals surface area contributed by atoms with Crippen LogP contribution in [-0.4, -0.2) is 17.4 Å². The average molecular weight is 316 g/mol. The van der Waals surface area contributed by atoms with Crippen LogP contribution in [0.25, 0.3) is 0 Å². The number of benzene rings is 1. The number of carbonyl (C=O) groups is 1. The zero-order valence-electron chi connectivity index (χ0n) is 10.4. The van der Waals surface area contributed by atoms with Gasteiger partial charge in [-0.25, -0.2) is 0 Å². The predicted molar refractivity (Wildman–Crippen MR) is 79.7 cm³/mol. The first-order valence-electron chi connectivity index (χ1n) is 5.62.